The van der Waals surface area contributed by atoms with Crippen LogP contribution in [0.15, 0.2) is 36.4 Å². The zero-order valence-electron chi connectivity index (χ0n) is 16.7. The number of hydrogen-bond donors (Lipinski definition) is 3. The molecular formula is C22H33N4O2+. The van der Waals surface area contributed by atoms with Gasteiger partial charge in [0.05, 0.1) is 31.9 Å². The number of nitrogens with zero attached hydrogens (tertiary/aromatic N) is 1. The lowest BCUT2D eigenvalue weighted by molar-refractivity contribution is -0.899. The summed E-state index contributed by atoms with van der Waals surface area (Å²) in [4.78, 5) is 26.0. The number of hydrazine groups is 1. The van der Waals surface area contributed by atoms with E-state index < -0.39 is 0 Å². The van der Waals surface area contributed by atoms with Crippen molar-refractivity contribution in [3.8, 4) is 0 Å². The molecule has 6 heteroatoms. The molecule has 0 aromatic heterocycles. The van der Waals surface area contributed by atoms with Gasteiger partial charge in [-0.25, -0.2) is 0 Å². The second kappa shape index (κ2) is 10.9. The molecule has 2 heterocycles. The first kappa shape index (κ1) is 20.4. The number of rotatable bonds is 8. The van der Waals surface area contributed by atoms with Gasteiger partial charge >= 0.3 is 0 Å². The number of carbonyl (C=O) groups is 2. The van der Waals surface area contributed by atoms with Crippen LogP contribution in [0.4, 0.5) is 0 Å². The van der Waals surface area contributed by atoms with Crippen LogP contribution >= 0.6 is 0 Å². The monoisotopic (exact) mass is 385 g/mol. The number of benzene rings is 1. The van der Waals surface area contributed by atoms with Gasteiger partial charge in [-0.1, -0.05) is 30.3 Å². The molecule has 1 aromatic rings. The quantitative estimate of drug-likeness (QED) is 0.588. The summed E-state index contributed by atoms with van der Waals surface area (Å²) in [5.74, 6) is 0.00789. The standard InChI is InChI=1S/C22H32N4O2/c27-21(23-14-8-17-25-15-6-1-2-7-16-25)13-18-26-22(28)12-11-20(24-26)19-9-4-3-5-10-19/h3-5,9-11,24H,1-2,6-8,12-18H2,(H,23,27)/p+1. The molecule has 0 bridgehead atoms. The summed E-state index contributed by atoms with van der Waals surface area (Å²) >= 11 is 0. The first-order valence-corrected chi connectivity index (χ1v) is 10.7. The Kier molecular flexibility index (Phi) is 7.91. The molecule has 28 heavy (non-hydrogen) atoms. The summed E-state index contributed by atoms with van der Waals surface area (Å²) in [5.41, 5.74) is 5.11. The van der Waals surface area contributed by atoms with Crippen molar-refractivity contribution in [2.75, 3.05) is 32.7 Å². The van der Waals surface area contributed by atoms with Crippen LogP contribution in [0.2, 0.25) is 0 Å². The van der Waals surface area contributed by atoms with Crippen LogP contribution in [0.5, 0.6) is 0 Å². The van der Waals surface area contributed by atoms with E-state index in [1.54, 1.807) is 9.91 Å². The highest BCUT2D eigenvalue weighted by Gasteiger charge is 2.20. The largest absolute Gasteiger partial charge is 0.356 e. The lowest BCUT2D eigenvalue weighted by atomic mass is 10.1. The third-order valence-corrected chi connectivity index (χ3v) is 5.52. The van der Waals surface area contributed by atoms with Crippen molar-refractivity contribution in [1.82, 2.24) is 15.8 Å². The second-order valence-electron chi connectivity index (χ2n) is 7.71. The molecule has 0 spiro atoms. The van der Waals surface area contributed by atoms with Crippen LogP contribution in [-0.2, 0) is 9.59 Å². The molecule has 2 amide bonds. The fourth-order valence-electron chi connectivity index (χ4n) is 3.88. The van der Waals surface area contributed by atoms with Crippen LogP contribution in [-0.4, -0.2) is 49.5 Å². The molecule has 3 N–H and O–H groups in total. The van der Waals surface area contributed by atoms with E-state index in [-0.39, 0.29) is 11.8 Å². The highest BCUT2D eigenvalue weighted by Crippen LogP contribution is 2.16. The van der Waals surface area contributed by atoms with Crippen LogP contribution in [0.3, 0.4) is 0 Å². The van der Waals surface area contributed by atoms with Gasteiger partial charge in [0.1, 0.15) is 0 Å². The van der Waals surface area contributed by atoms with E-state index in [2.05, 4.69) is 10.7 Å². The third-order valence-electron chi connectivity index (χ3n) is 5.52. The number of nitrogens with one attached hydrogen (secondary N) is 3. The number of quaternary nitrogens is 1. The van der Waals surface area contributed by atoms with Crippen molar-refractivity contribution in [2.24, 2.45) is 0 Å². The van der Waals surface area contributed by atoms with Gasteiger partial charge in [-0.2, -0.15) is 0 Å². The molecule has 0 saturated carbocycles. The minimum absolute atomic E-state index is 0.00255. The molecule has 0 atom stereocenters. The van der Waals surface area contributed by atoms with Crippen molar-refractivity contribution >= 4 is 17.5 Å². The molecular weight excluding hydrogens is 352 g/mol. The highest BCUT2D eigenvalue weighted by molar-refractivity contribution is 5.84. The van der Waals surface area contributed by atoms with Gasteiger partial charge in [0.2, 0.25) is 11.8 Å². The molecule has 0 radical (unpaired) electrons. The van der Waals surface area contributed by atoms with Gasteiger partial charge in [-0.05, 0) is 37.3 Å². The Balaban J connectivity index is 1.34. The van der Waals surface area contributed by atoms with Crippen molar-refractivity contribution < 1.29 is 14.5 Å². The van der Waals surface area contributed by atoms with Crippen LogP contribution in [0.25, 0.3) is 5.70 Å². The van der Waals surface area contributed by atoms with Gasteiger partial charge in [-0.3, -0.25) is 20.0 Å². The van der Waals surface area contributed by atoms with Gasteiger partial charge in [0.25, 0.3) is 0 Å². The highest BCUT2D eigenvalue weighted by atomic mass is 16.2. The Hall–Kier alpha value is -2.34. The Bertz CT molecular complexity index is 666. The molecule has 0 aliphatic carbocycles. The predicted octanol–water partition coefficient (Wildman–Crippen LogP) is 1.12. The van der Waals surface area contributed by atoms with E-state index in [1.165, 1.54) is 38.8 Å². The van der Waals surface area contributed by atoms with Crippen molar-refractivity contribution in [1.29, 1.82) is 0 Å². The average molecular weight is 386 g/mol. The lowest BCUT2D eigenvalue weighted by Gasteiger charge is -2.29. The molecule has 3 rings (SSSR count). The molecule has 1 saturated heterocycles. The second-order valence-corrected chi connectivity index (χ2v) is 7.71. The van der Waals surface area contributed by atoms with Crippen molar-refractivity contribution in [3.05, 3.63) is 42.0 Å². The minimum atomic E-state index is -0.00255. The summed E-state index contributed by atoms with van der Waals surface area (Å²) in [6.07, 6.45) is 8.99. The fourth-order valence-corrected chi connectivity index (χ4v) is 3.88. The van der Waals surface area contributed by atoms with Crippen LogP contribution < -0.4 is 15.6 Å². The Morgan fingerprint density at radius 2 is 1.86 bits per heavy atom. The fraction of sp³-hybridized carbons (Fsp3) is 0.545. The number of carbonyl (C=O) groups excluding carboxylic acids is 2. The zero-order valence-corrected chi connectivity index (χ0v) is 16.7. The van der Waals surface area contributed by atoms with Crippen LogP contribution in [0.1, 0.15) is 50.5 Å². The van der Waals surface area contributed by atoms with Crippen molar-refractivity contribution in [2.45, 2.75) is 44.9 Å². The zero-order chi connectivity index (χ0) is 19.6. The summed E-state index contributed by atoms with van der Waals surface area (Å²) in [6, 6.07) is 9.92. The minimum Gasteiger partial charge on any atom is -0.356 e. The first-order chi connectivity index (χ1) is 13.7. The summed E-state index contributed by atoms with van der Waals surface area (Å²) in [5, 5.41) is 4.56. The predicted molar refractivity (Wildman–Crippen MR) is 110 cm³/mol. The molecule has 1 fully saturated rings. The van der Waals surface area contributed by atoms with Crippen molar-refractivity contribution in [3.63, 3.8) is 0 Å². The maximum atomic E-state index is 12.2. The average Bonchev–Trinajstić information content (AvgIpc) is 3.00. The third kappa shape index (κ3) is 6.37. The Morgan fingerprint density at radius 3 is 2.61 bits per heavy atom. The van der Waals surface area contributed by atoms with E-state index in [9.17, 15) is 9.59 Å². The number of likely N-dealkylation sites (tertiary alicyclic amines) is 1. The van der Waals surface area contributed by atoms with E-state index in [4.69, 9.17) is 0 Å². The first-order valence-electron chi connectivity index (χ1n) is 10.7. The molecule has 6 nitrogen and oxygen atoms in total. The smallest absolute Gasteiger partial charge is 0.244 e. The lowest BCUT2D eigenvalue weighted by Crippen LogP contribution is -3.11. The summed E-state index contributed by atoms with van der Waals surface area (Å²) < 4.78 is 0. The number of hydrogen-bond acceptors (Lipinski definition) is 3. The molecule has 1 aromatic carbocycles. The topological polar surface area (TPSA) is 65.9 Å². The van der Waals surface area contributed by atoms with Crippen LogP contribution in [0, 0.1) is 0 Å². The van der Waals surface area contributed by atoms with Gasteiger partial charge in [-0.15, -0.1) is 0 Å². The van der Waals surface area contributed by atoms with E-state index in [0.717, 1.165) is 30.8 Å². The normalized spacial score (nSPS) is 18.2. The molecule has 2 aliphatic heterocycles. The molecule has 0 unspecified atom stereocenters. The Labute approximate surface area is 167 Å². The van der Waals surface area contributed by atoms with Gasteiger partial charge < -0.3 is 10.2 Å². The maximum absolute atomic E-state index is 12.2. The maximum Gasteiger partial charge on any atom is 0.244 e. The van der Waals surface area contributed by atoms with E-state index in [0.29, 0.717) is 19.4 Å². The van der Waals surface area contributed by atoms with Gasteiger partial charge in [0.15, 0.2) is 0 Å². The van der Waals surface area contributed by atoms with E-state index in [1.807, 2.05) is 36.4 Å². The SMILES string of the molecule is O=C(CCN1NC(c2ccccc2)=CCC1=O)NCCC[NH+]1CCCCCC1. The van der Waals surface area contributed by atoms with Gasteiger partial charge in [0, 0.05) is 25.8 Å². The Morgan fingerprint density at radius 1 is 1.11 bits per heavy atom. The molecule has 152 valence electrons. The molecule has 2 aliphatic rings. The summed E-state index contributed by atoms with van der Waals surface area (Å²) in [7, 11) is 0. The van der Waals surface area contributed by atoms with E-state index >= 15 is 0 Å². The summed E-state index contributed by atoms with van der Waals surface area (Å²) in [6.45, 7) is 4.78. The number of amides is 2.